The van der Waals surface area contributed by atoms with Crippen LogP contribution in [-0.4, -0.2) is 19.4 Å². The van der Waals surface area contributed by atoms with Crippen molar-refractivity contribution in [2.75, 3.05) is 0 Å². The van der Waals surface area contributed by atoms with E-state index in [4.69, 9.17) is 4.43 Å². The molecule has 1 aromatic rings. The summed E-state index contributed by atoms with van der Waals surface area (Å²) < 4.78 is 8.71. The van der Waals surface area contributed by atoms with E-state index in [-0.39, 0.29) is 11.1 Å². The van der Waals surface area contributed by atoms with Crippen LogP contribution in [0.3, 0.4) is 0 Å². The zero-order chi connectivity index (χ0) is 17.0. The van der Waals surface area contributed by atoms with E-state index in [1.807, 2.05) is 6.92 Å². The first-order valence-electron chi connectivity index (χ1n) is 7.60. The molecule has 0 amide bonds. The maximum Gasteiger partial charge on any atom is 0.192 e. The molecule has 0 aliphatic heterocycles. The normalized spacial score (nSPS) is 15.5. The van der Waals surface area contributed by atoms with E-state index < -0.39 is 8.32 Å². The number of aryl methyl sites for hydroxylation is 1. The first-order valence-corrected chi connectivity index (χ1v) is 12.6. The van der Waals surface area contributed by atoms with Gasteiger partial charge in [0.25, 0.3) is 0 Å². The highest BCUT2D eigenvalue weighted by atomic mass is 127. The van der Waals surface area contributed by atoms with Gasteiger partial charge in [0.1, 0.15) is 0 Å². The Balaban J connectivity index is 2.99. The second-order valence-electron chi connectivity index (χ2n) is 7.14. The van der Waals surface area contributed by atoms with Crippen LogP contribution in [0.2, 0.25) is 18.1 Å². The summed E-state index contributed by atoms with van der Waals surface area (Å²) in [6.07, 6.45) is 5.40. The lowest BCUT2D eigenvalue weighted by Crippen LogP contribution is -2.44. The Hall–Kier alpha value is 0.0169. The molecule has 1 aromatic heterocycles. The highest BCUT2D eigenvalue weighted by Gasteiger charge is 2.39. The third kappa shape index (κ3) is 5.90. The van der Waals surface area contributed by atoms with Gasteiger partial charge in [-0.05, 0) is 54.1 Å². The maximum absolute atomic E-state index is 6.64. The number of hydrogen-bond acceptors (Lipinski definition) is 3. The van der Waals surface area contributed by atoms with Crippen LogP contribution < -0.4 is 0 Å². The topological polar surface area (TPSA) is 22.1 Å². The average molecular weight is 449 g/mol. The highest BCUT2D eigenvalue weighted by Crippen LogP contribution is 2.38. The predicted octanol–water partition coefficient (Wildman–Crippen LogP) is 6.58. The molecule has 1 atom stereocenters. The molecule has 0 saturated heterocycles. The Labute approximate surface area is 154 Å². The van der Waals surface area contributed by atoms with Crippen LogP contribution in [0.4, 0.5) is 0 Å². The van der Waals surface area contributed by atoms with Crippen LogP contribution in [0.1, 0.15) is 44.8 Å². The van der Waals surface area contributed by atoms with Crippen molar-refractivity contribution in [2.45, 2.75) is 65.3 Å². The minimum absolute atomic E-state index is 0.133. The third-order valence-corrected chi connectivity index (χ3v) is 9.99. The van der Waals surface area contributed by atoms with E-state index in [0.29, 0.717) is 0 Å². The SMILES string of the molecule is C/C(=C\c1csc(C)n1)[C@H](C/C=C/I)O[Si](C)(C)C(C)(C)C. The van der Waals surface area contributed by atoms with Gasteiger partial charge in [-0.1, -0.05) is 49.4 Å². The molecule has 0 aliphatic carbocycles. The largest absolute Gasteiger partial charge is 0.410 e. The summed E-state index contributed by atoms with van der Waals surface area (Å²) in [6.45, 7) is 15.7. The van der Waals surface area contributed by atoms with Crippen LogP contribution in [0.25, 0.3) is 6.08 Å². The fourth-order valence-electron chi connectivity index (χ4n) is 1.81. The fourth-order valence-corrected chi connectivity index (χ4v) is 4.02. The molecule has 0 fully saturated rings. The summed E-state index contributed by atoms with van der Waals surface area (Å²) >= 11 is 3.96. The molecule has 1 heterocycles. The molecule has 0 bridgehead atoms. The van der Waals surface area contributed by atoms with Crippen LogP contribution >= 0.6 is 33.9 Å². The van der Waals surface area contributed by atoms with Crippen LogP contribution in [0.5, 0.6) is 0 Å². The standard InChI is InChI=1S/C17H28INOSSi/c1-13(11-15-12-21-14(2)19-15)16(9-8-10-18)20-22(6,7)17(3,4)5/h8,10-12,16H,9H2,1-7H3/b10-8+,13-11+/t16-/m0/s1. The lowest BCUT2D eigenvalue weighted by molar-refractivity contribution is 0.218. The number of nitrogens with zero attached hydrogens (tertiary/aromatic N) is 1. The van der Waals surface area contributed by atoms with Crippen LogP contribution in [0.15, 0.2) is 21.1 Å². The van der Waals surface area contributed by atoms with E-state index in [9.17, 15) is 0 Å². The van der Waals surface area contributed by atoms with Crippen LogP contribution in [-0.2, 0) is 4.43 Å². The van der Waals surface area contributed by atoms with Crippen molar-refractivity contribution in [3.05, 3.63) is 31.8 Å². The Morgan fingerprint density at radius 2 is 2.09 bits per heavy atom. The number of rotatable bonds is 6. The molecule has 0 radical (unpaired) electrons. The molecule has 22 heavy (non-hydrogen) atoms. The molecule has 0 N–H and O–H groups in total. The number of aromatic nitrogens is 1. The monoisotopic (exact) mass is 449 g/mol. The minimum Gasteiger partial charge on any atom is -0.410 e. The zero-order valence-electron chi connectivity index (χ0n) is 14.7. The molecule has 2 nitrogen and oxygen atoms in total. The molecular weight excluding hydrogens is 421 g/mol. The molecule has 1 rings (SSSR count). The van der Waals surface area contributed by atoms with Crippen molar-refractivity contribution < 1.29 is 4.43 Å². The molecule has 0 saturated carbocycles. The van der Waals surface area contributed by atoms with Gasteiger partial charge >= 0.3 is 0 Å². The van der Waals surface area contributed by atoms with Gasteiger partial charge < -0.3 is 4.43 Å². The summed E-state index contributed by atoms with van der Waals surface area (Å²) in [5.41, 5.74) is 2.30. The van der Waals surface area contributed by atoms with Gasteiger partial charge in [0.05, 0.1) is 16.8 Å². The Kier molecular flexibility index (Phi) is 7.49. The third-order valence-electron chi connectivity index (χ3n) is 4.20. The van der Waals surface area contributed by atoms with Gasteiger partial charge in [-0.2, -0.15) is 0 Å². The molecule has 124 valence electrons. The quantitative estimate of drug-likeness (QED) is 0.361. The van der Waals surface area contributed by atoms with Gasteiger partial charge in [0.15, 0.2) is 8.32 Å². The number of halogens is 1. The molecule has 0 unspecified atom stereocenters. The number of thiazole rings is 1. The van der Waals surface area contributed by atoms with E-state index in [1.54, 1.807) is 11.3 Å². The van der Waals surface area contributed by atoms with Gasteiger partial charge in [-0.3, -0.25) is 0 Å². The smallest absolute Gasteiger partial charge is 0.192 e. The van der Waals surface area contributed by atoms with E-state index in [1.165, 1.54) is 5.57 Å². The van der Waals surface area contributed by atoms with Crippen molar-refractivity contribution in [1.82, 2.24) is 4.98 Å². The fraction of sp³-hybridized carbons (Fsp3) is 0.588. The van der Waals surface area contributed by atoms with Crippen molar-refractivity contribution in [1.29, 1.82) is 0 Å². The Morgan fingerprint density at radius 1 is 1.45 bits per heavy atom. The second-order valence-corrected chi connectivity index (χ2v) is 13.7. The maximum atomic E-state index is 6.64. The number of hydrogen-bond donors (Lipinski definition) is 0. The van der Waals surface area contributed by atoms with E-state index in [0.717, 1.165) is 17.1 Å². The summed E-state index contributed by atoms with van der Waals surface area (Å²) in [4.78, 5) is 4.54. The second kappa shape index (κ2) is 8.21. The molecule has 0 aliphatic rings. The van der Waals surface area contributed by atoms with E-state index in [2.05, 4.69) is 90.0 Å². The van der Waals surface area contributed by atoms with Crippen molar-refractivity contribution in [2.24, 2.45) is 0 Å². The molecule has 0 spiro atoms. The first kappa shape index (κ1) is 20.1. The lowest BCUT2D eigenvalue weighted by atomic mass is 10.1. The Morgan fingerprint density at radius 3 is 2.55 bits per heavy atom. The van der Waals surface area contributed by atoms with Crippen molar-refractivity contribution in [3.8, 4) is 0 Å². The van der Waals surface area contributed by atoms with Crippen molar-refractivity contribution >= 4 is 48.3 Å². The molecule has 5 heteroatoms. The summed E-state index contributed by atoms with van der Waals surface area (Å²) in [5, 5.41) is 3.43. The summed E-state index contributed by atoms with van der Waals surface area (Å²) in [6, 6.07) is 0. The Bertz CT molecular complexity index is 543. The summed E-state index contributed by atoms with van der Waals surface area (Å²) in [7, 11) is -1.79. The average Bonchev–Trinajstić information content (AvgIpc) is 2.78. The minimum atomic E-state index is -1.79. The molecule has 0 aromatic carbocycles. The van der Waals surface area contributed by atoms with Gasteiger partial charge in [0.2, 0.25) is 0 Å². The molecular formula is C17H28INOSSi. The summed E-state index contributed by atoms with van der Waals surface area (Å²) in [5.74, 6) is 0. The lowest BCUT2D eigenvalue weighted by Gasteiger charge is -2.39. The zero-order valence-corrected chi connectivity index (χ0v) is 18.7. The van der Waals surface area contributed by atoms with Crippen LogP contribution in [0, 0.1) is 6.92 Å². The van der Waals surface area contributed by atoms with Gasteiger partial charge in [0, 0.05) is 5.38 Å². The highest BCUT2D eigenvalue weighted by molar-refractivity contribution is 14.1. The van der Waals surface area contributed by atoms with E-state index >= 15 is 0 Å². The predicted molar refractivity (Wildman–Crippen MR) is 110 cm³/mol. The van der Waals surface area contributed by atoms with Gasteiger partial charge in [-0.15, -0.1) is 11.3 Å². The van der Waals surface area contributed by atoms with Crippen molar-refractivity contribution in [3.63, 3.8) is 0 Å². The van der Waals surface area contributed by atoms with Gasteiger partial charge in [-0.25, -0.2) is 4.98 Å². The first-order chi connectivity index (χ1) is 10.1.